The Morgan fingerprint density at radius 1 is 0.848 bits per heavy atom. The van der Waals surface area contributed by atoms with Crippen LogP contribution in [0.15, 0.2) is 78.5 Å². The molecule has 0 saturated carbocycles. The summed E-state index contributed by atoms with van der Waals surface area (Å²) in [6, 6.07) is 17.5. The molecule has 166 valence electrons. The zero-order valence-electron chi connectivity index (χ0n) is 17.3. The zero-order valence-corrected chi connectivity index (χ0v) is 17.3. The van der Waals surface area contributed by atoms with Crippen molar-refractivity contribution >= 4 is 35.0 Å². The molecule has 10 nitrogen and oxygen atoms in total. The monoisotopic (exact) mass is 446 g/mol. The number of aryl methyl sites for hydroxylation is 1. The van der Waals surface area contributed by atoms with Crippen LogP contribution in [0, 0.1) is 27.2 Å². The molecule has 3 aromatic carbocycles. The number of carbonyl (C=O) groups excluding carboxylic acids is 2. The number of nitro benzene ring substituents is 2. The third-order valence-corrected chi connectivity index (χ3v) is 4.50. The summed E-state index contributed by atoms with van der Waals surface area (Å²) in [6.07, 6.45) is 1.35. The molecule has 2 N–H and O–H groups in total. The molecule has 0 aliphatic heterocycles. The van der Waals surface area contributed by atoms with E-state index in [0.29, 0.717) is 11.1 Å². The number of rotatable bonds is 7. The average Bonchev–Trinajstić information content (AvgIpc) is 2.79. The first-order chi connectivity index (χ1) is 15.7. The fourth-order valence-electron chi connectivity index (χ4n) is 2.89. The number of hydrogen-bond acceptors (Lipinski definition) is 6. The molecular formula is C23H18N4O6. The molecule has 33 heavy (non-hydrogen) atoms. The lowest BCUT2D eigenvalue weighted by atomic mass is 10.1. The second-order valence-corrected chi connectivity index (χ2v) is 6.99. The van der Waals surface area contributed by atoms with E-state index in [2.05, 4.69) is 10.6 Å². The predicted octanol–water partition coefficient (Wildman–Crippen LogP) is 4.22. The van der Waals surface area contributed by atoms with E-state index < -0.39 is 21.7 Å². The van der Waals surface area contributed by atoms with Crippen molar-refractivity contribution in [2.24, 2.45) is 0 Å². The van der Waals surface area contributed by atoms with Gasteiger partial charge in [-0.25, -0.2) is 0 Å². The highest BCUT2D eigenvalue weighted by atomic mass is 16.6. The average molecular weight is 446 g/mol. The lowest BCUT2D eigenvalue weighted by Crippen LogP contribution is -2.30. The maximum absolute atomic E-state index is 12.9. The molecule has 0 aliphatic rings. The molecule has 0 saturated heterocycles. The van der Waals surface area contributed by atoms with Gasteiger partial charge in [0.05, 0.1) is 9.85 Å². The van der Waals surface area contributed by atoms with E-state index in [4.69, 9.17) is 0 Å². The van der Waals surface area contributed by atoms with Crippen LogP contribution < -0.4 is 10.6 Å². The van der Waals surface area contributed by atoms with Crippen LogP contribution in [0.25, 0.3) is 6.08 Å². The van der Waals surface area contributed by atoms with Crippen LogP contribution in [-0.2, 0) is 4.79 Å². The van der Waals surface area contributed by atoms with Crippen LogP contribution in [0.5, 0.6) is 0 Å². The Morgan fingerprint density at radius 2 is 1.52 bits per heavy atom. The highest BCUT2D eigenvalue weighted by Crippen LogP contribution is 2.19. The summed E-state index contributed by atoms with van der Waals surface area (Å²) in [4.78, 5) is 46.4. The number of nitrogens with zero attached hydrogens (tertiary/aromatic N) is 2. The van der Waals surface area contributed by atoms with E-state index in [1.807, 2.05) is 13.0 Å². The van der Waals surface area contributed by atoms with Gasteiger partial charge in [0.25, 0.3) is 23.2 Å². The van der Waals surface area contributed by atoms with Crippen LogP contribution in [0.2, 0.25) is 0 Å². The summed E-state index contributed by atoms with van der Waals surface area (Å²) in [6.45, 7) is 1.82. The fraction of sp³-hybridized carbons (Fsp3) is 0.0435. The second-order valence-electron chi connectivity index (χ2n) is 6.99. The summed E-state index contributed by atoms with van der Waals surface area (Å²) in [7, 11) is 0. The molecule has 0 aliphatic carbocycles. The third kappa shape index (κ3) is 6.07. The number of benzene rings is 3. The molecule has 3 aromatic rings. The van der Waals surface area contributed by atoms with E-state index in [-0.39, 0.29) is 22.8 Å². The number of non-ortho nitro benzene ring substituents is 2. The standard InChI is InChI=1S/C23H18N4O6/c1-15-4-2-5-17(12-15)22(28)25-21(13-16-8-10-19(11-9-16)26(30)31)23(29)24-18-6-3-7-20(14-18)27(32)33/h2-14H,1H3,(H,24,29)(H,25,28)/b21-13-. The molecule has 2 amide bonds. The fourth-order valence-corrected chi connectivity index (χ4v) is 2.89. The largest absolute Gasteiger partial charge is 0.320 e. The van der Waals surface area contributed by atoms with E-state index >= 15 is 0 Å². The molecule has 0 aromatic heterocycles. The highest BCUT2D eigenvalue weighted by molar-refractivity contribution is 6.10. The maximum Gasteiger partial charge on any atom is 0.272 e. The van der Waals surface area contributed by atoms with E-state index in [0.717, 1.165) is 5.56 Å². The molecule has 0 spiro atoms. The van der Waals surface area contributed by atoms with Gasteiger partial charge in [-0.1, -0.05) is 23.8 Å². The van der Waals surface area contributed by atoms with E-state index in [1.165, 1.54) is 54.6 Å². The quantitative estimate of drug-likeness (QED) is 0.316. The number of amides is 2. The van der Waals surface area contributed by atoms with Crippen LogP contribution in [0.1, 0.15) is 21.5 Å². The minimum absolute atomic E-state index is 0.126. The van der Waals surface area contributed by atoms with Gasteiger partial charge in [-0.15, -0.1) is 0 Å². The van der Waals surface area contributed by atoms with Gasteiger partial charge in [-0.3, -0.25) is 29.8 Å². The molecular weight excluding hydrogens is 428 g/mol. The first-order valence-electron chi connectivity index (χ1n) is 9.63. The second kappa shape index (κ2) is 9.96. The number of hydrogen-bond donors (Lipinski definition) is 2. The van der Waals surface area contributed by atoms with Crippen molar-refractivity contribution in [1.29, 1.82) is 0 Å². The molecule has 0 radical (unpaired) electrons. The topological polar surface area (TPSA) is 144 Å². The smallest absolute Gasteiger partial charge is 0.272 e. The SMILES string of the molecule is Cc1cccc(C(=O)N/C(=C\c2ccc([N+](=O)[O-])cc2)C(=O)Nc2cccc([N+](=O)[O-])c2)c1. The van der Waals surface area contributed by atoms with Gasteiger partial charge >= 0.3 is 0 Å². The molecule has 0 unspecified atom stereocenters. The Labute approximate surface area is 187 Å². The zero-order chi connectivity index (χ0) is 24.0. The van der Waals surface area contributed by atoms with Crippen molar-refractivity contribution in [3.63, 3.8) is 0 Å². The summed E-state index contributed by atoms with van der Waals surface area (Å²) in [5.74, 6) is -1.27. The highest BCUT2D eigenvalue weighted by Gasteiger charge is 2.17. The minimum atomic E-state index is -0.727. The molecule has 0 atom stereocenters. The summed E-state index contributed by atoms with van der Waals surface area (Å²) >= 11 is 0. The van der Waals surface area contributed by atoms with Gasteiger partial charge < -0.3 is 10.6 Å². The normalized spacial score (nSPS) is 10.9. The lowest BCUT2D eigenvalue weighted by Gasteiger charge is -2.12. The van der Waals surface area contributed by atoms with E-state index in [9.17, 15) is 29.8 Å². The van der Waals surface area contributed by atoms with Gasteiger partial charge in [-0.05, 0) is 48.9 Å². The number of nitrogens with one attached hydrogen (secondary N) is 2. The van der Waals surface area contributed by atoms with Gasteiger partial charge in [0.1, 0.15) is 5.70 Å². The van der Waals surface area contributed by atoms with Crippen LogP contribution in [-0.4, -0.2) is 21.7 Å². The first-order valence-corrected chi connectivity index (χ1v) is 9.63. The first kappa shape index (κ1) is 22.8. The number of carbonyl (C=O) groups is 2. The number of nitro groups is 2. The summed E-state index contributed by atoms with van der Waals surface area (Å²) in [5.41, 5.74) is 1.28. The van der Waals surface area contributed by atoms with Crippen molar-refractivity contribution in [2.45, 2.75) is 6.92 Å². The Bertz CT molecular complexity index is 1270. The van der Waals surface area contributed by atoms with Crippen molar-refractivity contribution in [1.82, 2.24) is 5.32 Å². The van der Waals surface area contributed by atoms with Gasteiger partial charge in [0.2, 0.25) is 0 Å². The lowest BCUT2D eigenvalue weighted by molar-refractivity contribution is -0.385. The van der Waals surface area contributed by atoms with Gasteiger partial charge in [0.15, 0.2) is 0 Å². The summed E-state index contributed by atoms with van der Waals surface area (Å²) < 4.78 is 0. The Morgan fingerprint density at radius 3 is 2.15 bits per heavy atom. The van der Waals surface area contributed by atoms with Crippen molar-refractivity contribution in [2.75, 3.05) is 5.32 Å². The Balaban J connectivity index is 1.92. The minimum Gasteiger partial charge on any atom is -0.320 e. The van der Waals surface area contributed by atoms with E-state index in [1.54, 1.807) is 18.2 Å². The molecule has 10 heteroatoms. The van der Waals surface area contributed by atoms with Gasteiger partial charge in [0, 0.05) is 35.5 Å². The molecule has 3 rings (SSSR count). The van der Waals surface area contributed by atoms with Crippen LogP contribution >= 0.6 is 0 Å². The Kier molecular flexibility index (Phi) is 6.89. The summed E-state index contributed by atoms with van der Waals surface area (Å²) in [5, 5.41) is 26.9. The maximum atomic E-state index is 12.9. The van der Waals surface area contributed by atoms with Crippen LogP contribution in [0.3, 0.4) is 0 Å². The van der Waals surface area contributed by atoms with Crippen molar-refractivity contribution < 1.29 is 19.4 Å². The third-order valence-electron chi connectivity index (χ3n) is 4.50. The molecule has 0 fully saturated rings. The molecule has 0 bridgehead atoms. The van der Waals surface area contributed by atoms with Gasteiger partial charge in [-0.2, -0.15) is 0 Å². The number of anilines is 1. The van der Waals surface area contributed by atoms with Crippen molar-refractivity contribution in [3.8, 4) is 0 Å². The van der Waals surface area contributed by atoms with Crippen molar-refractivity contribution in [3.05, 3.63) is 115 Å². The Hall–Kier alpha value is -4.86. The van der Waals surface area contributed by atoms with Crippen LogP contribution in [0.4, 0.5) is 17.1 Å². The predicted molar refractivity (Wildman–Crippen MR) is 121 cm³/mol. The molecule has 0 heterocycles.